The Balaban J connectivity index is 1.49. The maximum Gasteiger partial charge on any atom is 0.241 e. The van der Waals surface area contributed by atoms with E-state index in [4.69, 9.17) is 0 Å². The third-order valence-corrected chi connectivity index (χ3v) is 4.84. The molecule has 0 aromatic carbocycles. The molecule has 3 rings (SSSR count). The Morgan fingerprint density at radius 3 is 2.46 bits per heavy atom. The van der Waals surface area contributed by atoms with Crippen molar-refractivity contribution in [1.29, 1.82) is 0 Å². The number of nitrogens with zero attached hydrogens (tertiary/aromatic N) is 4. The second-order valence-electron chi connectivity index (χ2n) is 7.92. The summed E-state index contributed by atoms with van der Waals surface area (Å²) in [5.41, 5.74) is -0.472. The molecule has 1 aromatic heterocycles. The van der Waals surface area contributed by atoms with Gasteiger partial charge < -0.3 is 14.8 Å². The Kier molecular flexibility index (Phi) is 4.60. The summed E-state index contributed by atoms with van der Waals surface area (Å²) in [6.07, 6.45) is 6.09. The van der Waals surface area contributed by atoms with E-state index in [2.05, 4.69) is 20.1 Å². The standard InChI is InChI=1S/C17H27N5O2/c1-17(2,3)16(24)18-10-14(23)21-8-6-12(7-9-21)15-20-19-11-22(15)13-4-5-13/h11-13H,4-10H2,1-3H3,(H,18,24). The molecule has 1 saturated carbocycles. The van der Waals surface area contributed by atoms with Gasteiger partial charge >= 0.3 is 0 Å². The molecule has 1 aliphatic carbocycles. The summed E-state index contributed by atoms with van der Waals surface area (Å²) in [6.45, 7) is 7.04. The van der Waals surface area contributed by atoms with Crippen LogP contribution in [-0.4, -0.2) is 51.1 Å². The molecule has 132 valence electrons. The fourth-order valence-electron chi connectivity index (χ4n) is 3.10. The Morgan fingerprint density at radius 1 is 1.21 bits per heavy atom. The minimum absolute atomic E-state index is 0.00490. The quantitative estimate of drug-likeness (QED) is 0.905. The lowest BCUT2D eigenvalue weighted by Gasteiger charge is -2.32. The van der Waals surface area contributed by atoms with Gasteiger partial charge in [0.05, 0.1) is 6.54 Å². The molecule has 0 spiro atoms. The van der Waals surface area contributed by atoms with E-state index in [-0.39, 0.29) is 18.4 Å². The molecule has 7 nitrogen and oxygen atoms in total. The summed E-state index contributed by atoms with van der Waals surface area (Å²) in [5, 5.41) is 11.1. The predicted octanol–water partition coefficient (Wildman–Crippen LogP) is 1.48. The third-order valence-electron chi connectivity index (χ3n) is 4.84. The average molecular weight is 333 g/mol. The predicted molar refractivity (Wildman–Crippen MR) is 89.3 cm³/mol. The van der Waals surface area contributed by atoms with E-state index < -0.39 is 5.41 Å². The molecule has 1 N–H and O–H groups in total. The van der Waals surface area contributed by atoms with Crippen molar-refractivity contribution >= 4 is 11.8 Å². The second-order valence-corrected chi connectivity index (χ2v) is 7.92. The Labute approximate surface area is 142 Å². The fourth-order valence-corrected chi connectivity index (χ4v) is 3.10. The van der Waals surface area contributed by atoms with Gasteiger partial charge in [-0.1, -0.05) is 20.8 Å². The van der Waals surface area contributed by atoms with Crippen molar-refractivity contribution in [2.24, 2.45) is 5.41 Å². The highest BCUT2D eigenvalue weighted by molar-refractivity contribution is 5.87. The highest BCUT2D eigenvalue weighted by Crippen LogP contribution is 2.38. The molecule has 0 bridgehead atoms. The van der Waals surface area contributed by atoms with Crippen molar-refractivity contribution in [3.05, 3.63) is 12.2 Å². The number of hydrogen-bond acceptors (Lipinski definition) is 4. The number of aromatic nitrogens is 3. The first-order chi connectivity index (χ1) is 11.4. The summed E-state index contributed by atoms with van der Waals surface area (Å²) in [4.78, 5) is 26.0. The van der Waals surface area contributed by atoms with E-state index in [1.807, 2.05) is 32.0 Å². The summed E-state index contributed by atoms with van der Waals surface area (Å²) in [5.74, 6) is 1.35. The van der Waals surface area contributed by atoms with Crippen LogP contribution < -0.4 is 5.32 Å². The zero-order valence-corrected chi connectivity index (χ0v) is 14.8. The van der Waals surface area contributed by atoms with Crippen molar-refractivity contribution in [3.8, 4) is 0 Å². The Morgan fingerprint density at radius 2 is 1.88 bits per heavy atom. The summed E-state index contributed by atoms with van der Waals surface area (Å²) in [7, 11) is 0. The highest BCUT2D eigenvalue weighted by atomic mass is 16.2. The number of amides is 2. The molecule has 7 heteroatoms. The van der Waals surface area contributed by atoms with Gasteiger partial charge in [0.25, 0.3) is 0 Å². The van der Waals surface area contributed by atoms with Crippen LogP contribution in [0.25, 0.3) is 0 Å². The van der Waals surface area contributed by atoms with Gasteiger partial charge in [-0.3, -0.25) is 9.59 Å². The monoisotopic (exact) mass is 333 g/mol. The number of carbonyl (C=O) groups excluding carboxylic acids is 2. The lowest BCUT2D eigenvalue weighted by atomic mass is 9.95. The lowest BCUT2D eigenvalue weighted by Crippen LogP contribution is -2.46. The van der Waals surface area contributed by atoms with Gasteiger partial charge in [0.15, 0.2) is 0 Å². The molecular weight excluding hydrogens is 306 g/mol. The van der Waals surface area contributed by atoms with E-state index in [0.29, 0.717) is 25.0 Å². The summed E-state index contributed by atoms with van der Waals surface area (Å²) >= 11 is 0. The van der Waals surface area contributed by atoms with Crippen molar-refractivity contribution in [3.63, 3.8) is 0 Å². The molecule has 0 atom stereocenters. The van der Waals surface area contributed by atoms with E-state index in [1.54, 1.807) is 0 Å². The van der Waals surface area contributed by atoms with Gasteiger partial charge in [0, 0.05) is 30.5 Å². The third kappa shape index (κ3) is 3.76. The molecule has 1 aliphatic heterocycles. The number of rotatable bonds is 4. The van der Waals surface area contributed by atoms with E-state index >= 15 is 0 Å². The van der Waals surface area contributed by atoms with Crippen molar-refractivity contribution in [2.45, 2.75) is 58.4 Å². The van der Waals surface area contributed by atoms with E-state index in [0.717, 1.165) is 18.7 Å². The average Bonchev–Trinajstić information content (AvgIpc) is 3.28. The van der Waals surface area contributed by atoms with Gasteiger partial charge in [-0.05, 0) is 25.7 Å². The SMILES string of the molecule is CC(C)(C)C(=O)NCC(=O)N1CCC(c2nncn2C2CC2)CC1. The van der Waals surface area contributed by atoms with Crippen molar-refractivity contribution < 1.29 is 9.59 Å². The topological polar surface area (TPSA) is 80.1 Å². The van der Waals surface area contributed by atoms with Crippen LogP contribution in [0.4, 0.5) is 0 Å². The highest BCUT2D eigenvalue weighted by Gasteiger charge is 2.32. The minimum atomic E-state index is -0.472. The number of piperidine rings is 1. The number of likely N-dealkylation sites (tertiary alicyclic amines) is 1. The van der Waals surface area contributed by atoms with Crippen LogP contribution in [0.1, 0.15) is 64.2 Å². The van der Waals surface area contributed by atoms with Crippen LogP contribution in [0.5, 0.6) is 0 Å². The van der Waals surface area contributed by atoms with Gasteiger partial charge in [0.1, 0.15) is 12.2 Å². The van der Waals surface area contributed by atoms with Crippen LogP contribution in [0, 0.1) is 5.41 Å². The molecule has 0 radical (unpaired) electrons. The van der Waals surface area contributed by atoms with Crippen molar-refractivity contribution in [2.75, 3.05) is 19.6 Å². The fraction of sp³-hybridized carbons (Fsp3) is 0.765. The molecule has 2 fully saturated rings. The van der Waals surface area contributed by atoms with Gasteiger partial charge in [-0.2, -0.15) is 0 Å². The first-order valence-corrected chi connectivity index (χ1v) is 8.81. The van der Waals surface area contributed by atoms with Gasteiger partial charge in [-0.25, -0.2) is 0 Å². The maximum absolute atomic E-state index is 12.3. The molecular formula is C17H27N5O2. The Hall–Kier alpha value is -1.92. The van der Waals surface area contributed by atoms with Crippen LogP contribution in [0.3, 0.4) is 0 Å². The number of carbonyl (C=O) groups is 2. The zero-order valence-electron chi connectivity index (χ0n) is 14.8. The molecule has 2 amide bonds. The largest absolute Gasteiger partial charge is 0.347 e. The minimum Gasteiger partial charge on any atom is -0.347 e. The molecule has 24 heavy (non-hydrogen) atoms. The summed E-state index contributed by atoms with van der Waals surface area (Å²) < 4.78 is 2.21. The van der Waals surface area contributed by atoms with Crippen LogP contribution in [0.15, 0.2) is 6.33 Å². The lowest BCUT2D eigenvalue weighted by molar-refractivity contribution is -0.135. The van der Waals surface area contributed by atoms with Gasteiger partial charge in [-0.15, -0.1) is 10.2 Å². The maximum atomic E-state index is 12.3. The smallest absolute Gasteiger partial charge is 0.241 e. The summed E-state index contributed by atoms with van der Waals surface area (Å²) in [6, 6.07) is 0.585. The Bertz CT molecular complexity index is 607. The van der Waals surface area contributed by atoms with Gasteiger partial charge in [0.2, 0.25) is 11.8 Å². The first kappa shape index (κ1) is 16.9. The normalized spacial score (nSPS) is 19.4. The van der Waals surface area contributed by atoms with Crippen LogP contribution in [-0.2, 0) is 9.59 Å². The second kappa shape index (κ2) is 6.53. The molecule has 1 aromatic rings. The first-order valence-electron chi connectivity index (χ1n) is 8.81. The van der Waals surface area contributed by atoms with E-state index in [1.165, 1.54) is 12.8 Å². The number of nitrogens with one attached hydrogen (secondary N) is 1. The number of hydrogen-bond donors (Lipinski definition) is 1. The van der Waals surface area contributed by atoms with Crippen molar-refractivity contribution in [1.82, 2.24) is 25.0 Å². The van der Waals surface area contributed by atoms with E-state index in [9.17, 15) is 9.59 Å². The van der Waals surface area contributed by atoms with Crippen LogP contribution >= 0.6 is 0 Å². The molecule has 2 heterocycles. The molecule has 2 aliphatic rings. The zero-order chi connectivity index (χ0) is 17.3. The molecule has 1 saturated heterocycles. The van der Waals surface area contributed by atoms with Crippen LogP contribution in [0.2, 0.25) is 0 Å². The molecule has 0 unspecified atom stereocenters.